The number of H-pyrrole nitrogens is 1. The lowest BCUT2D eigenvalue weighted by atomic mass is 10.2. The van der Waals surface area contributed by atoms with Gasteiger partial charge in [-0.05, 0) is 52.7 Å². The monoisotopic (exact) mass is 403 g/mol. The molecule has 0 saturated heterocycles. The zero-order valence-corrected chi connectivity index (χ0v) is 15.2. The zero-order valence-electron chi connectivity index (χ0n) is 12.8. The van der Waals surface area contributed by atoms with Crippen LogP contribution >= 0.6 is 27.7 Å². The number of halogens is 1. The fraction of sp³-hybridized carbons (Fsp3) is 0.125. The number of rotatable bonds is 5. The number of hydrogen-bond donors (Lipinski definition) is 2. The molecule has 0 radical (unpaired) electrons. The van der Waals surface area contributed by atoms with Crippen molar-refractivity contribution in [1.82, 2.24) is 20.2 Å². The molecule has 0 atom stereocenters. The Morgan fingerprint density at radius 1 is 1.29 bits per heavy atom. The smallest absolute Gasteiger partial charge is 0.234 e. The third-order valence-corrected chi connectivity index (χ3v) is 4.65. The molecule has 0 aliphatic rings. The van der Waals surface area contributed by atoms with Gasteiger partial charge in [0.15, 0.2) is 5.82 Å². The molecule has 1 amide bonds. The molecule has 0 bridgehead atoms. The molecule has 8 heteroatoms. The lowest BCUT2D eigenvalue weighted by Gasteiger charge is -2.07. The fourth-order valence-corrected chi connectivity index (χ4v) is 3.18. The Bertz CT molecular complexity index is 853. The van der Waals surface area contributed by atoms with E-state index in [0.717, 1.165) is 21.3 Å². The summed E-state index contributed by atoms with van der Waals surface area (Å²) in [6, 6.07) is 9.46. The van der Waals surface area contributed by atoms with Crippen molar-refractivity contribution in [1.29, 1.82) is 0 Å². The van der Waals surface area contributed by atoms with Crippen LogP contribution in [0.4, 0.5) is 5.69 Å². The van der Waals surface area contributed by atoms with Crippen molar-refractivity contribution >= 4 is 39.3 Å². The van der Waals surface area contributed by atoms with Gasteiger partial charge in [0, 0.05) is 22.4 Å². The molecule has 3 rings (SSSR count). The van der Waals surface area contributed by atoms with Gasteiger partial charge in [-0.25, -0.2) is 4.98 Å². The van der Waals surface area contributed by atoms with Crippen LogP contribution in [0.3, 0.4) is 0 Å². The molecule has 3 aromatic rings. The van der Waals surface area contributed by atoms with Crippen molar-refractivity contribution in [2.45, 2.75) is 12.1 Å². The minimum absolute atomic E-state index is 0.111. The summed E-state index contributed by atoms with van der Waals surface area (Å²) in [4.78, 5) is 20.4. The van der Waals surface area contributed by atoms with Crippen LogP contribution in [0.5, 0.6) is 0 Å². The minimum atomic E-state index is -0.111. The standard InChI is InChI=1S/C16H14BrN5OS/c1-10-2-3-13(12(17)8-10)19-14(23)9-24-16-20-15(21-22-16)11-4-6-18-7-5-11/h2-8H,9H2,1H3,(H,19,23)(H,20,21,22). The van der Waals surface area contributed by atoms with Gasteiger partial charge in [-0.3, -0.25) is 14.9 Å². The maximum Gasteiger partial charge on any atom is 0.234 e. The number of nitrogens with one attached hydrogen (secondary N) is 2. The summed E-state index contributed by atoms with van der Waals surface area (Å²) < 4.78 is 0.860. The van der Waals surface area contributed by atoms with Gasteiger partial charge in [0.05, 0.1) is 11.4 Å². The molecule has 1 aromatic carbocycles. The lowest BCUT2D eigenvalue weighted by molar-refractivity contribution is -0.113. The van der Waals surface area contributed by atoms with Gasteiger partial charge in [0.2, 0.25) is 11.1 Å². The van der Waals surface area contributed by atoms with E-state index in [1.807, 2.05) is 37.3 Å². The Balaban J connectivity index is 1.58. The van der Waals surface area contributed by atoms with E-state index in [0.29, 0.717) is 11.0 Å². The number of carbonyl (C=O) groups excluding carboxylic acids is 1. The molecular formula is C16H14BrN5OS. The van der Waals surface area contributed by atoms with Crippen LogP contribution in [0, 0.1) is 6.92 Å². The van der Waals surface area contributed by atoms with Crippen LogP contribution in [0.15, 0.2) is 52.4 Å². The van der Waals surface area contributed by atoms with Crippen molar-refractivity contribution in [2.24, 2.45) is 0 Å². The summed E-state index contributed by atoms with van der Waals surface area (Å²) in [5, 5.41) is 10.4. The molecule has 0 spiro atoms. The maximum atomic E-state index is 12.1. The molecule has 2 N–H and O–H groups in total. The molecule has 24 heavy (non-hydrogen) atoms. The number of thioether (sulfide) groups is 1. The number of benzene rings is 1. The van der Waals surface area contributed by atoms with E-state index in [-0.39, 0.29) is 11.7 Å². The summed E-state index contributed by atoms with van der Waals surface area (Å²) in [7, 11) is 0. The average molecular weight is 404 g/mol. The second kappa shape index (κ2) is 7.59. The lowest BCUT2D eigenvalue weighted by Crippen LogP contribution is -2.14. The van der Waals surface area contributed by atoms with Crippen molar-refractivity contribution in [3.05, 3.63) is 52.8 Å². The highest BCUT2D eigenvalue weighted by molar-refractivity contribution is 9.10. The maximum absolute atomic E-state index is 12.1. The number of aryl methyl sites for hydroxylation is 1. The van der Waals surface area contributed by atoms with Gasteiger partial charge >= 0.3 is 0 Å². The van der Waals surface area contributed by atoms with Crippen LogP contribution < -0.4 is 5.32 Å². The highest BCUT2D eigenvalue weighted by atomic mass is 79.9. The molecular weight excluding hydrogens is 390 g/mol. The summed E-state index contributed by atoms with van der Waals surface area (Å²) in [6.45, 7) is 2.00. The first-order valence-corrected chi connectivity index (χ1v) is 8.91. The van der Waals surface area contributed by atoms with E-state index in [2.05, 4.69) is 41.4 Å². The normalized spacial score (nSPS) is 10.6. The van der Waals surface area contributed by atoms with Crippen molar-refractivity contribution in [2.75, 3.05) is 11.1 Å². The van der Waals surface area contributed by atoms with E-state index in [9.17, 15) is 4.79 Å². The predicted molar refractivity (Wildman–Crippen MR) is 97.8 cm³/mol. The molecule has 6 nitrogen and oxygen atoms in total. The number of anilines is 1. The van der Waals surface area contributed by atoms with Crippen LogP contribution in [0.1, 0.15) is 5.56 Å². The topological polar surface area (TPSA) is 83.6 Å². The molecule has 122 valence electrons. The third-order valence-electron chi connectivity index (χ3n) is 3.15. The number of hydrogen-bond acceptors (Lipinski definition) is 5. The predicted octanol–water partition coefficient (Wildman–Crippen LogP) is 3.67. The first kappa shape index (κ1) is 16.7. The quantitative estimate of drug-likeness (QED) is 0.634. The first-order valence-electron chi connectivity index (χ1n) is 7.13. The van der Waals surface area contributed by atoms with E-state index < -0.39 is 0 Å². The molecule has 2 heterocycles. The summed E-state index contributed by atoms with van der Waals surface area (Å²) in [6.07, 6.45) is 3.38. The van der Waals surface area contributed by atoms with Gasteiger partial charge in [-0.2, -0.15) is 0 Å². The average Bonchev–Trinajstić information content (AvgIpc) is 3.05. The first-order chi connectivity index (χ1) is 11.6. The van der Waals surface area contributed by atoms with Gasteiger partial charge < -0.3 is 5.32 Å². The van der Waals surface area contributed by atoms with Crippen molar-refractivity contribution in [3.63, 3.8) is 0 Å². The SMILES string of the molecule is Cc1ccc(NC(=O)CSc2n[nH]c(-c3ccncc3)n2)c(Br)c1. The number of aromatic nitrogens is 4. The number of amides is 1. The number of nitrogens with zero attached hydrogens (tertiary/aromatic N) is 3. The van der Waals surface area contributed by atoms with Crippen LogP contribution in [-0.4, -0.2) is 31.8 Å². The molecule has 2 aromatic heterocycles. The Morgan fingerprint density at radius 3 is 2.83 bits per heavy atom. The summed E-state index contributed by atoms with van der Waals surface area (Å²) in [5.41, 5.74) is 2.77. The van der Waals surface area contributed by atoms with E-state index in [1.165, 1.54) is 11.8 Å². The third kappa shape index (κ3) is 4.21. The van der Waals surface area contributed by atoms with Crippen LogP contribution in [-0.2, 0) is 4.79 Å². The zero-order chi connectivity index (χ0) is 16.9. The Morgan fingerprint density at radius 2 is 2.08 bits per heavy atom. The van der Waals surface area contributed by atoms with E-state index in [4.69, 9.17) is 0 Å². The van der Waals surface area contributed by atoms with Crippen LogP contribution in [0.2, 0.25) is 0 Å². The van der Waals surface area contributed by atoms with Gasteiger partial charge in [-0.1, -0.05) is 17.8 Å². The number of aromatic amines is 1. The minimum Gasteiger partial charge on any atom is -0.324 e. The number of pyridine rings is 1. The van der Waals surface area contributed by atoms with Gasteiger partial charge in [-0.15, -0.1) is 5.10 Å². The fourth-order valence-electron chi connectivity index (χ4n) is 1.99. The second-order valence-corrected chi connectivity index (χ2v) is 6.82. The highest BCUT2D eigenvalue weighted by Gasteiger charge is 2.10. The summed E-state index contributed by atoms with van der Waals surface area (Å²) in [5.74, 6) is 0.773. The van der Waals surface area contributed by atoms with E-state index in [1.54, 1.807) is 12.4 Å². The van der Waals surface area contributed by atoms with Crippen molar-refractivity contribution < 1.29 is 4.79 Å². The van der Waals surface area contributed by atoms with Crippen LogP contribution in [0.25, 0.3) is 11.4 Å². The second-order valence-electron chi connectivity index (χ2n) is 5.02. The molecule has 0 aliphatic carbocycles. The number of carbonyl (C=O) groups is 1. The van der Waals surface area contributed by atoms with Crippen molar-refractivity contribution in [3.8, 4) is 11.4 Å². The molecule has 0 unspecified atom stereocenters. The Hall–Kier alpha value is -2.19. The van der Waals surface area contributed by atoms with Gasteiger partial charge in [0.1, 0.15) is 0 Å². The molecule has 0 saturated carbocycles. The summed E-state index contributed by atoms with van der Waals surface area (Å²) >= 11 is 4.72. The molecule has 0 fully saturated rings. The Labute approximate surface area is 151 Å². The van der Waals surface area contributed by atoms with E-state index >= 15 is 0 Å². The molecule has 0 aliphatic heterocycles. The Kier molecular flexibility index (Phi) is 5.27. The highest BCUT2D eigenvalue weighted by Crippen LogP contribution is 2.24. The van der Waals surface area contributed by atoms with Gasteiger partial charge in [0.25, 0.3) is 0 Å². The largest absolute Gasteiger partial charge is 0.324 e.